The number of fused-ring (bicyclic) bond motifs is 2. The third-order valence-corrected chi connectivity index (χ3v) is 6.18. The summed E-state index contributed by atoms with van der Waals surface area (Å²) in [6, 6.07) is 7.72. The van der Waals surface area contributed by atoms with E-state index in [-0.39, 0.29) is 24.1 Å². The molecule has 2 bridgehead atoms. The molecule has 25 heavy (non-hydrogen) atoms. The van der Waals surface area contributed by atoms with Gasteiger partial charge in [-0.1, -0.05) is 19.1 Å². The van der Waals surface area contributed by atoms with Gasteiger partial charge in [-0.05, 0) is 37.8 Å². The Hall–Kier alpha value is -1.31. The first-order chi connectivity index (χ1) is 11.5. The van der Waals surface area contributed by atoms with E-state index in [9.17, 15) is 13.2 Å². The molecular formula is C17H26ClN3O3S. The topological polar surface area (TPSA) is 78.5 Å². The summed E-state index contributed by atoms with van der Waals surface area (Å²) in [5, 5.41) is 3.55. The minimum Gasteiger partial charge on any atom is -0.337 e. The molecule has 1 aromatic rings. The zero-order chi connectivity index (χ0) is 17.2. The summed E-state index contributed by atoms with van der Waals surface area (Å²) in [5.41, 5.74) is 0.799. The van der Waals surface area contributed by atoms with E-state index in [1.165, 1.54) is 6.42 Å². The van der Waals surface area contributed by atoms with Crippen molar-refractivity contribution in [2.75, 3.05) is 23.6 Å². The monoisotopic (exact) mass is 387 g/mol. The summed E-state index contributed by atoms with van der Waals surface area (Å²) in [5.74, 6) is -0.0495. The third kappa shape index (κ3) is 4.86. The predicted molar refractivity (Wildman–Crippen MR) is 102 cm³/mol. The number of rotatable bonds is 5. The van der Waals surface area contributed by atoms with Crippen LogP contribution in [0, 0.1) is 0 Å². The van der Waals surface area contributed by atoms with E-state index < -0.39 is 10.0 Å². The first-order valence-corrected chi connectivity index (χ1v) is 10.3. The van der Waals surface area contributed by atoms with Gasteiger partial charge in [0, 0.05) is 25.2 Å². The molecule has 0 saturated carbocycles. The Bertz CT molecular complexity index is 711. The van der Waals surface area contributed by atoms with Crippen LogP contribution in [0.4, 0.5) is 5.69 Å². The minimum absolute atomic E-state index is 0. The molecule has 0 spiro atoms. The van der Waals surface area contributed by atoms with Gasteiger partial charge in [-0.25, -0.2) is 8.42 Å². The highest BCUT2D eigenvalue weighted by Crippen LogP contribution is 2.24. The maximum absolute atomic E-state index is 13.0. The lowest BCUT2D eigenvalue weighted by Crippen LogP contribution is -2.39. The largest absolute Gasteiger partial charge is 0.337 e. The molecule has 3 rings (SSSR count). The number of hydrogen-bond donors (Lipinski definition) is 2. The highest BCUT2D eigenvalue weighted by molar-refractivity contribution is 7.92. The summed E-state index contributed by atoms with van der Waals surface area (Å²) in [7, 11) is -3.42. The van der Waals surface area contributed by atoms with E-state index in [0.717, 1.165) is 12.8 Å². The van der Waals surface area contributed by atoms with Crippen molar-refractivity contribution in [3.63, 3.8) is 0 Å². The van der Waals surface area contributed by atoms with Crippen molar-refractivity contribution in [2.45, 2.75) is 44.7 Å². The van der Waals surface area contributed by atoms with Crippen molar-refractivity contribution < 1.29 is 13.2 Å². The Morgan fingerprint density at radius 1 is 1.24 bits per heavy atom. The maximum Gasteiger partial charge on any atom is 0.256 e. The predicted octanol–water partition coefficient (Wildman–Crippen LogP) is 2.23. The lowest BCUT2D eigenvalue weighted by Gasteiger charge is -2.25. The molecule has 2 atom stereocenters. The van der Waals surface area contributed by atoms with Gasteiger partial charge in [0.25, 0.3) is 5.91 Å². The molecule has 140 valence electrons. The van der Waals surface area contributed by atoms with Crippen LogP contribution < -0.4 is 10.0 Å². The van der Waals surface area contributed by atoms with E-state index in [1.54, 1.807) is 24.3 Å². The molecule has 2 fully saturated rings. The number of nitrogens with zero attached hydrogens (tertiary/aromatic N) is 1. The van der Waals surface area contributed by atoms with Gasteiger partial charge in [-0.15, -0.1) is 12.4 Å². The number of hydrogen-bond acceptors (Lipinski definition) is 4. The minimum atomic E-state index is -3.42. The molecule has 2 aliphatic rings. The van der Waals surface area contributed by atoms with Crippen LogP contribution in [0.2, 0.25) is 0 Å². The van der Waals surface area contributed by atoms with Crippen LogP contribution in [0.5, 0.6) is 0 Å². The van der Waals surface area contributed by atoms with Crippen molar-refractivity contribution in [3.05, 3.63) is 29.8 Å². The highest BCUT2D eigenvalue weighted by atomic mass is 35.5. The quantitative estimate of drug-likeness (QED) is 0.812. The van der Waals surface area contributed by atoms with Gasteiger partial charge in [-0.3, -0.25) is 9.52 Å². The summed E-state index contributed by atoms with van der Waals surface area (Å²) in [4.78, 5) is 14.8. The second kappa shape index (κ2) is 8.38. The van der Waals surface area contributed by atoms with E-state index in [1.807, 2.05) is 11.8 Å². The average Bonchev–Trinajstić information content (AvgIpc) is 2.86. The summed E-state index contributed by atoms with van der Waals surface area (Å²) >= 11 is 0. The Balaban J connectivity index is 0.00000225. The molecule has 1 aromatic carbocycles. The van der Waals surface area contributed by atoms with Crippen LogP contribution in [-0.4, -0.2) is 50.2 Å². The number of carbonyl (C=O) groups excluding carboxylic acids is 1. The fourth-order valence-corrected chi connectivity index (χ4v) is 4.70. The normalized spacial score (nSPS) is 22.8. The summed E-state index contributed by atoms with van der Waals surface area (Å²) < 4.78 is 26.7. The van der Waals surface area contributed by atoms with Gasteiger partial charge >= 0.3 is 0 Å². The Morgan fingerprint density at radius 2 is 1.96 bits per heavy atom. The van der Waals surface area contributed by atoms with Gasteiger partial charge < -0.3 is 10.2 Å². The highest BCUT2D eigenvalue weighted by Gasteiger charge is 2.32. The van der Waals surface area contributed by atoms with Crippen LogP contribution in [0.25, 0.3) is 0 Å². The van der Waals surface area contributed by atoms with Crippen molar-refractivity contribution >= 4 is 34.0 Å². The lowest BCUT2D eigenvalue weighted by molar-refractivity contribution is 0.0749. The van der Waals surface area contributed by atoms with Crippen LogP contribution in [0.15, 0.2) is 24.3 Å². The van der Waals surface area contributed by atoms with Gasteiger partial charge in [-0.2, -0.15) is 0 Å². The van der Waals surface area contributed by atoms with E-state index >= 15 is 0 Å². The second-order valence-corrected chi connectivity index (χ2v) is 8.49. The van der Waals surface area contributed by atoms with Gasteiger partial charge in [0.05, 0.1) is 17.0 Å². The smallest absolute Gasteiger partial charge is 0.256 e. The SMILES string of the molecule is CCCS(=O)(=O)Nc1ccccc1C(=O)N1CCC2CCC(C1)N2.Cl. The van der Waals surface area contributed by atoms with Crippen LogP contribution in [0.3, 0.4) is 0 Å². The number of anilines is 1. The molecule has 0 aromatic heterocycles. The number of nitrogens with one attached hydrogen (secondary N) is 2. The van der Waals surface area contributed by atoms with Crippen molar-refractivity contribution in [1.29, 1.82) is 0 Å². The molecule has 6 nitrogen and oxygen atoms in total. The second-order valence-electron chi connectivity index (χ2n) is 6.64. The Kier molecular flexibility index (Phi) is 6.71. The molecule has 0 aliphatic carbocycles. The molecular weight excluding hydrogens is 362 g/mol. The summed E-state index contributed by atoms with van der Waals surface area (Å²) in [6.45, 7) is 3.21. The molecule has 2 saturated heterocycles. The first-order valence-electron chi connectivity index (χ1n) is 8.63. The third-order valence-electron chi connectivity index (χ3n) is 4.71. The zero-order valence-corrected chi connectivity index (χ0v) is 16.0. The van der Waals surface area contributed by atoms with Crippen LogP contribution in [0.1, 0.15) is 43.0 Å². The number of sulfonamides is 1. The average molecular weight is 388 g/mol. The first kappa shape index (κ1) is 20.0. The van der Waals surface area contributed by atoms with Gasteiger partial charge in [0.2, 0.25) is 10.0 Å². The molecule has 0 radical (unpaired) electrons. The number of carbonyl (C=O) groups is 1. The number of benzene rings is 1. The fourth-order valence-electron chi connectivity index (χ4n) is 3.54. The van der Waals surface area contributed by atoms with Gasteiger partial charge in [0.15, 0.2) is 0 Å². The van der Waals surface area contributed by atoms with E-state index in [0.29, 0.717) is 42.8 Å². The Labute approximate surface area is 155 Å². The number of para-hydroxylation sites is 1. The van der Waals surface area contributed by atoms with Crippen molar-refractivity contribution in [1.82, 2.24) is 10.2 Å². The molecule has 2 unspecified atom stereocenters. The van der Waals surface area contributed by atoms with Gasteiger partial charge in [0.1, 0.15) is 0 Å². The number of halogens is 1. The molecule has 2 heterocycles. The van der Waals surface area contributed by atoms with Crippen molar-refractivity contribution in [3.8, 4) is 0 Å². The molecule has 2 N–H and O–H groups in total. The van der Waals surface area contributed by atoms with E-state index in [2.05, 4.69) is 10.0 Å². The number of amides is 1. The molecule has 2 aliphatic heterocycles. The number of likely N-dealkylation sites (tertiary alicyclic amines) is 1. The summed E-state index contributed by atoms with van der Waals surface area (Å²) in [6.07, 6.45) is 3.76. The molecule has 1 amide bonds. The maximum atomic E-state index is 13.0. The lowest BCUT2D eigenvalue weighted by atomic mass is 10.1. The standard InChI is InChI=1S/C17H25N3O3S.ClH/c1-2-11-24(22,23)19-16-6-4-3-5-15(16)17(21)20-10-9-13-7-8-14(12-20)18-13;/h3-6,13-14,18-19H,2,7-12H2,1H3;1H. The van der Waals surface area contributed by atoms with Crippen molar-refractivity contribution in [2.24, 2.45) is 0 Å². The van der Waals surface area contributed by atoms with Crippen LogP contribution >= 0.6 is 12.4 Å². The fraction of sp³-hybridized carbons (Fsp3) is 0.588. The molecule has 8 heteroatoms. The zero-order valence-electron chi connectivity index (χ0n) is 14.4. The Morgan fingerprint density at radius 3 is 2.72 bits per heavy atom. The van der Waals surface area contributed by atoms with Crippen LogP contribution in [-0.2, 0) is 10.0 Å². The van der Waals surface area contributed by atoms with E-state index in [4.69, 9.17) is 0 Å².